The maximum atomic E-state index is 11.9. The topological polar surface area (TPSA) is 67.5 Å². The van der Waals surface area contributed by atoms with E-state index in [4.69, 9.17) is 9.47 Å². The van der Waals surface area contributed by atoms with Gasteiger partial charge in [0.15, 0.2) is 0 Å². The summed E-state index contributed by atoms with van der Waals surface area (Å²) in [6.45, 7) is 8.59. The van der Waals surface area contributed by atoms with Crippen LogP contribution >= 0.6 is 0 Å². The first-order valence-corrected chi connectivity index (χ1v) is 9.73. The van der Waals surface area contributed by atoms with Crippen LogP contribution in [0.5, 0.6) is 5.75 Å². The van der Waals surface area contributed by atoms with Crippen molar-refractivity contribution in [2.45, 2.75) is 45.6 Å². The summed E-state index contributed by atoms with van der Waals surface area (Å²) in [5.41, 5.74) is 3.16. The number of amides is 1. The lowest BCUT2D eigenvalue weighted by Crippen LogP contribution is -2.42. The molecule has 1 atom stereocenters. The van der Waals surface area contributed by atoms with Gasteiger partial charge in [-0.3, -0.25) is 9.89 Å². The molecule has 0 spiro atoms. The average molecular weight is 371 g/mol. The predicted molar refractivity (Wildman–Crippen MR) is 104 cm³/mol. The standard InChI is InChI=1S/C21H29N3O3/c1-4-21(25)24-10-12-27-20(14-24)19-13-17(22-23-19)9-11-26-18-7-5-16(6-8-18)15(2)3/h5-8,13,15,20H,4,9-12,14H2,1-3H3,(H,22,23)/t20-/m0/s1. The third-order valence-electron chi connectivity index (χ3n) is 4.89. The molecule has 6 nitrogen and oxygen atoms in total. The quantitative estimate of drug-likeness (QED) is 0.809. The molecular weight excluding hydrogens is 342 g/mol. The van der Waals surface area contributed by atoms with Crippen LogP contribution in [0, 0.1) is 0 Å². The van der Waals surface area contributed by atoms with Crippen molar-refractivity contribution in [2.24, 2.45) is 0 Å². The fraction of sp³-hybridized carbons (Fsp3) is 0.524. The number of carbonyl (C=O) groups excluding carboxylic acids is 1. The van der Waals surface area contributed by atoms with E-state index in [1.807, 2.05) is 30.0 Å². The number of aromatic amines is 1. The van der Waals surface area contributed by atoms with Gasteiger partial charge in [0.25, 0.3) is 0 Å². The van der Waals surface area contributed by atoms with Gasteiger partial charge in [-0.1, -0.05) is 32.9 Å². The third kappa shape index (κ3) is 5.10. The SMILES string of the molecule is CCC(=O)N1CCO[C@H](c2cc(CCOc3ccc(C(C)C)cc3)[nH]n2)C1. The smallest absolute Gasteiger partial charge is 0.222 e. The molecule has 2 heterocycles. The van der Waals surface area contributed by atoms with Crippen LogP contribution in [0.3, 0.4) is 0 Å². The minimum Gasteiger partial charge on any atom is -0.493 e. The van der Waals surface area contributed by atoms with Crippen LogP contribution in [-0.2, 0) is 16.0 Å². The third-order valence-corrected chi connectivity index (χ3v) is 4.89. The molecule has 6 heteroatoms. The molecular formula is C21H29N3O3. The van der Waals surface area contributed by atoms with E-state index in [0.717, 1.165) is 23.6 Å². The second-order valence-electron chi connectivity index (χ2n) is 7.19. The Bertz CT molecular complexity index is 739. The maximum absolute atomic E-state index is 11.9. The number of H-pyrrole nitrogens is 1. The number of hydrogen-bond acceptors (Lipinski definition) is 4. The molecule has 1 fully saturated rings. The average Bonchev–Trinajstić information content (AvgIpc) is 3.17. The van der Waals surface area contributed by atoms with Crippen molar-refractivity contribution in [1.82, 2.24) is 15.1 Å². The zero-order chi connectivity index (χ0) is 19.2. The van der Waals surface area contributed by atoms with E-state index in [1.165, 1.54) is 5.56 Å². The molecule has 1 saturated heterocycles. The number of carbonyl (C=O) groups is 1. The maximum Gasteiger partial charge on any atom is 0.222 e. The molecule has 3 rings (SSSR count). The molecule has 0 saturated carbocycles. The first-order valence-electron chi connectivity index (χ1n) is 9.73. The number of benzene rings is 1. The summed E-state index contributed by atoms with van der Waals surface area (Å²) in [6, 6.07) is 10.3. The summed E-state index contributed by atoms with van der Waals surface area (Å²) in [7, 11) is 0. The molecule has 0 aliphatic carbocycles. The summed E-state index contributed by atoms with van der Waals surface area (Å²) in [6.07, 6.45) is 1.10. The van der Waals surface area contributed by atoms with Gasteiger partial charge in [0.1, 0.15) is 11.9 Å². The lowest BCUT2D eigenvalue weighted by atomic mass is 10.0. The zero-order valence-electron chi connectivity index (χ0n) is 16.4. The van der Waals surface area contributed by atoms with Gasteiger partial charge in [-0.2, -0.15) is 5.10 Å². The van der Waals surface area contributed by atoms with E-state index in [1.54, 1.807) is 0 Å². The molecule has 1 aromatic carbocycles. The van der Waals surface area contributed by atoms with Crippen LogP contribution in [0.25, 0.3) is 0 Å². The van der Waals surface area contributed by atoms with Gasteiger partial charge in [0.05, 0.1) is 25.5 Å². The molecule has 1 N–H and O–H groups in total. The van der Waals surface area contributed by atoms with Gasteiger partial charge in [0.2, 0.25) is 5.91 Å². The molecule has 146 valence electrons. The van der Waals surface area contributed by atoms with E-state index in [2.05, 4.69) is 36.2 Å². The van der Waals surface area contributed by atoms with Crippen molar-refractivity contribution in [3.05, 3.63) is 47.3 Å². The highest BCUT2D eigenvalue weighted by Gasteiger charge is 2.26. The largest absolute Gasteiger partial charge is 0.493 e. The summed E-state index contributed by atoms with van der Waals surface area (Å²) in [5, 5.41) is 7.43. The van der Waals surface area contributed by atoms with E-state index >= 15 is 0 Å². The summed E-state index contributed by atoms with van der Waals surface area (Å²) in [5.74, 6) is 1.56. The number of nitrogens with one attached hydrogen (secondary N) is 1. The van der Waals surface area contributed by atoms with Crippen molar-refractivity contribution in [2.75, 3.05) is 26.3 Å². The highest BCUT2D eigenvalue weighted by molar-refractivity contribution is 5.75. The number of ether oxygens (including phenoxy) is 2. The first-order chi connectivity index (χ1) is 13.1. The highest BCUT2D eigenvalue weighted by Crippen LogP contribution is 2.22. The Morgan fingerprint density at radius 3 is 2.85 bits per heavy atom. The first kappa shape index (κ1) is 19.4. The second kappa shape index (κ2) is 9.04. The van der Waals surface area contributed by atoms with Crippen LogP contribution in [0.15, 0.2) is 30.3 Å². The molecule has 1 aliphatic rings. The van der Waals surface area contributed by atoms with Crippen molar-refractivity contribution in [3.8, 4) is 5.75 Å². The summed E-state index contributed by atoms with van der Waals surface area (Å²) < 4.78 is 11.6. The molecule has 2 aromatic rings. The fourth-order valence-corrected chi connectivity index (χ4v) is 3.18. The van der Waals surface area contributed by atoms with Crippen LogP contribution in [-0.4, -0.2) is 47.3 Å². The monoisotopic (exact) mass is 371 g/mol. The van der Waals surface area contributed by atoms with Gasteiger partial charge in [-0.15, -0.1) is 0 Å². The normalized spacial score (nSPS) is 17.3. The van der Waals surface area contributed by atoms with Gasteiger partial charge in [-0.25, -0.2) is 0 Å². The van der Waals surface area contributed by atoms with Crippen LogP contribution < -0.4 is 4.74 Å². The molecule has 1 aliphatic heterocycles. The van der Waals surface area contributed by atoms with Crippen molar-refractivity contribution in [1.29, 1.82) is 0 Å². The van der Waals surface area contributed by atoms with Crippen LogP contribution in [0.4, 0.5) is 0 Å². The molecule has 27 heavy (non-hydrogen) atoms. The number of hydrogen-bond donors (Lipinski definition) is 1. The minimum atomic E-state index is -0.163. The van der Waals surface area contributed by atoms with E-state index in [9.17, 15) is 4.79 Å². The van der Waals surface area contributed by atoms with Crippen molar-refractivity contribution < 1.29 is 14.3 Å². The Balaban J connectivity index is 1.50. The van der Waals surface area contributed by atoms with Gasteiger partial charge < -0.3 is 14.4 Å². The van der Waals surface area contributed by atoms with Crippen molar-refractivity contribution >= 4 is 5.91 Å². The molecule has 1 amide bonds. The predicted octanol–water partition coefficient (Wildman–Crippen LogP) is 3.46. The number of rotatable bonds is 7. The summed E-state index contributed by atoms with van der Waals surface area (Å²) in [4.78, 5) is 13.8. The molecule has 1 aromatic heterocycles. The summed E-state index contributed by atoms with van der Waals surface area (Å²) >= 11 is 0. The van der Waals surface area contributed by atoms with Crippen LogP contribution in [0.1, 0.15) is 56.2 Å². The molecule has 0 unspecified atom stereocenters. The Labute approximate surface area is 160 Å². The fourth-order valence-electron chi connectivity index (χ4n) is 3.18. The lowest BCUT2D eigenvalue weighted by molar-refractivity contribution is -0.138. The van der Waals surface area contributed by atoms with Gasteiger partial charge in [0, 0.05) is 25.1 Å². The van der Waals surface area contributed by atoms with Gasteiger partial charge in [-0.05, 0) is 29.7 Å². The second-order valence-corrected chi connectivity index (χ2v) is 7.19. The number of nitrogens with zero attached hydrogens (tertiary/aromatic N) is 2. The lowest BCUT2D eigenvalue weighted by Gasteiger charge is -2.32. The Kier molecular flexibility index (Phi) is 6.50. The Hall–Kier alpha value is -2.34. The number of morpholine rings is 1. The Morgan fingerprint density at radius 1 is 1.37 bits per heavy atom. The molecule has 0 bridgehead atoms. The van der Waals surface area contributed by atoms with E-state index in [-0.39, 0.29) is 12.0 Å². The molecule has 0 radical (unpaired) electrons. The minimum absolute atomic E-state index is 0.163. The number of aromatic nitrogens is 2. The van der Waals surface area contributed by atoms with Crippen molar-refractivity contribution in [3.63, 3.8) is 0 Å². The van der Waals surface area contributed by atoms with Gasteiger partial charge >= 0.3 is 0 Å². The Morgan fingerprint density at radius 2 is 2.15 bits per heavy atom. The van der Waals surface area contributed by atoms with E-state index < -0.39 is 0 Å². The van der Waals surface area contributed by atoms with E-state index in [0.29, 0.717) is 38.6 Å². The highest BCUT2D eigenvalue weighted by atomic mass is 16.5. The van der Waals surface area contributed by atoms with Crippen LogP contribution in [0.2, 0.25) is 0 Å². The zero-order valence-corrected chi connectivity index (χ0v) is 16.4.